The zero-order chi connectivity index (χ0) is 28.3. The quantitative estimate of drug-likeness (QED) is 0.206. The summed E-state index contributed by atoms with van der Waals surface area (Å²) in [5.41, 5.74) is 10.0. The first kappa shape index (κ1) is 23.9. The monoisotopic (exact) mass is 548 g/mol. The molecule has 200 valence electrons. The Bertz CT molecular complexity index is 2490. The van der Waals surface area contributed by atoms with Crippen molar-refractivity contribution in [2.75, 3.05) is 0 Å². The van der Waals surface area contributed by atoms with Crippen LogP contribution in [0, 0.1) is 0 Å². The van der Waals surface area contributed by atoms with E-state index in [1.54, 1.807) is 0 Å². The van der Waals surface area contributed by atoms with E-state index in [1.165, 1.54) is 16.2 Å². The third-order valence-electron chi connectivity index (χ3n) is 8.46. The Morgan fingerprint density at radius 3 is 1.67 bits per heavy atom. The van der Waals surface area contributed by atoms with Gasteiger partial charge in [-0.15, -0.1) is 0 Å². The summed E-state index contributed by atoms with van der Waals surface area (Å²) in [6, 6.07) is 50.8. The molecule has 0 aliphatic carbocycles. The van der Waals surface area contributed by atoms with Gasteiger partial charge >= 0.3 is 0 Å². The van der Waals surface area contributed by atoms with Crippen molar-refractivity contribution in [3.8, 4) is 33.6 Å². The fraction of sp³-hybridized carbons (Fsp3) is 0. The van der Waals surface area contributed by atoms with Gasteiger partial charge in [-0.25, -0.2) is 9.97 Å². The average Bonchev–Trinajstić information content (AvgIpc) is 3.47. The Morgan fingerprint density at radius 2 is 0.930 bits per heavy atom. The summed E-state index contributed by atoms with van der Waals surface area (Å²) >= 11 is 0. The van der Waals surface area contributed by atoms with Gasteiger partial charge in [0.2, 0.25) is 0 Å². The highest BCUT2D eigenvalue weighted by Crippen LogP contribution is 2.37. The lowest BCUT2D eigenvalue weighted by molar-refractivity contribution is 0.669. The van der Waals surface area contributed by atoms with Crippen molar-refractivity contribution in [1.82, 2.24) is 9.97 Å². The van der Waals surface area contributed by atoms with E-state index in [1.807, 2.05) is 18.2 Å². The topological polar surface area (TPSA) is 38.9 Å². The van der Waals surface area contributed by atoms with Crippen LogP contribution in [0.4, 0.5) is 0 Å². The van der Waals surface area contributed by atoms with Crippen molar-refractivity contribution >= 4 is 54.5 Å². The summed E-state index contributed by atoms with van der Waals surface area (Å²) in [6.45, 7) is 0. The first-order valence-corrected chi connectivity index (χ1v) is 14.5. The fourth-order valence-corrected chi connectivity index (χ4v) is 6.26. The van der Waals surface area contributed by atoms with Crippen molar-refractivity contribution in [2.45, 2.75) is 0 Å². The Labute approximate surface area is 247 Å². The third kappa shape index (κ3) is 3.90. The van der Waals surface area contributed by atoms with Crippen LogP contribution in [0.5, 0.6) is 0 Å². The predicted molar refractivity (Wildman–Crippen MR) is 178 cm³/mol. The molecule has 3 heteroatoms. The van der Waals surface area contributed by atoms with E-state index in [-0.39, 0.29) is 0 Å². The van der Waals surface area contributed by atoms with Crippen molar-refractivity contribution in [3.63, 3.8) is 0 Å². The second kappa shape index (κ2) is 9.37. The number of nitrogens with zero attached hydrogens (tertiary/aromatic N) is 2. The lowest BCUT2D eigenvalue weighted by Crippen LogP contribution is -1.91. The normalized spacial score (nSPS) is 11.7. The summed E-state index contributed by atoms with van der Waals surface area (Å²) in [6.07, 6.45) is 0. The van der Waals surface area contributed by atoms with E-state index < -0.39 is 0 Å². The Kier molecular flexibility index (Phi) is 5.20. The van der Waals surface area contributed by atoms with Gasteiger partial charge in [0.1, 0.15) is 11.2 Å². The second-order valence-electron chi connectivity index (χ2n) is 11.0. The van der Waals surface area contributed by atoms with Crippen LogP contribution in [0.25, 0.3) is 88.2 Å². The van der Waals surface area contributed by atoms with Gasteiger partial charge in [-0.3, -0.25) is 0 Å². The lowest BCUT2D eigenvalue weighted by Gasteiger charge is -2.09. The minimum absolute atomic E-state index is 0.906. The highest BCUT2D eigenvalue weighted by molar-refractivity contribution is 6.19. The fourth-order valence-electron chi connectivity index (χ4n) is 6.26. The predicted octanol–water partition coefficient (Wildman–Crippen LogP) is 10.8. The molecule has 0 saturated carbocycles. The number of benzene rings is 6. The van der Waals surface area contributed by atoms with Crippen LogP contribution in [-0.4, -0.2) is 9.97 Å². The van der Waals surface area contributed by atoms with Crippen molar-refractivity contribution < 1.29 is 4.42 Å². The number of rotatable bonds is 3. The van der Waals surface area contributed by atoms with E-state index in [4.69, 9.17) is 14.4 Å². The van der Waals surface area contributed by atoms with Crippen LogP contribution < -0.4 is 0 Å². The van der Waals surface area contributed by atoms with Crippen LogP contribution in [-0.2, 0) is 0 Å². The number of hydrogen-bond acceptors (Lipinski definition) is 3. The molecule has 0 N–H and O–H groups in total. The maximum atomic E-state index is 6.21. The summed E-state index contributed by atoms with van der Waals surface area (Å²) in [5, 5.41) is 6.91. The molecule has 0 spiro atoms. The van der Waals surface area contributed by atoms with Crippen LogP contribution in [0.2, 0.25) is 0 Å². The molecule has 43 heavy (non-hydrogen) atoms. The van der Waals surface area contributed by atoms with E-state index in [0.29, 0.717) is 0 Å². The molecule has 3 nitrogen and oxygen atoms in total. The summed E-state index contributed by atoms with van der Waals surface area (Å²) in [5.74, 6) is 0. The minimum Gasteiger partial charge on any atom is -0.456 e. The number of aromatic nitrogens is 2. The van der Waals surface area contributed by atoms with Gasteiger partial charge in [0.25, 0.3) is 0 Å². The van der Waals surface area contributed by atoms with E-state index in [2.05, 4.69) is 127 Å². The molecule has 0 radical (unpaired) electrons. The Morgan fingerprint density at radius 1 is 0.372 bits per heavy atom. The Balaban J connectivity index is 1.12. The molecule has 3 heterocycles. The minimum atomic E-state index is 0.906. The summed E-state index contributed by atoms with van der Waals surface area (Å²) < 4.78 is 6.21. The number of furan rings is 1. The molecule has 0 fully saturated rings. The molecule has 3 aromatic heterocycles. The largest absolute Gasteiger partial charge is 0.456 e. The zero-order valence-electron chi connectivity index (χ0n) is 23.2. The van der Waals surface area contributed by atoms with E-state index >= 15 is 0 Å². The smallest absolute Gasteiger partial charge is 0.136 e. The van der Waals surface area contributed by atoms with Gasteiger partial charge in [0.05, 0.1) is 22.4 Å². The van der Waals surface area contributed by atoms with Gasteiger partial charge in [0.15, 0.2) is 0 Å². The number of pyridine rings is 2. The SMILES string of the molecule is c1ccc(-c2ccc3ccc4ccc(-c5ccc(-c6ccc7oc8ccc9ccccc9c8c7c6)cc5)nc4c3n2)cc1. The highest BCUT2D eigenvalue weighted by atomic mass is 16.3. The van der Waals surface area contributed by atoms with Crippen LogP contribution in [0.1, 0.15) is 0 Å². The van der Waals surface area contributed by atoms with E-state index in [0.717, 1.165) is 72.0 Å². The van der Waals surface area contributed by atoms with E-state index in [9.17, 15) is 0 Å². The van der Waals surface area contributed by atoms with Crippen LogP contribution in [0.3, 0.4) is 0 Å². The number of hydrogen-bond donors (Lipinski definition) is 0. The lowest BCUT2D eigenvalue weighted by atomic mass is 9.99. The van der Waals surface area contributed by atoms with Gasteiger partial charge in [-0.1, -0.05) is 115 Å². The maximum absolute atomic E-state index is 6.21. The van der Waals surface area contributed by atoms with Gasteiger partial charge < -0.3 is 4.42 Å². The average molecular weight is 549 g/mol. The standard InChI is InChI=1S/C40H24N2O/c1-2-7-27(8-3-1)34-20-16-29-14-15-30-17-21-35(42-40(30)39(29)41-34)28-12-10-25(11-13-28)31-19-22-36-33(24-31)38-32-9-5-4-6-26(32)18-23-37(38)43-36/h1-24H. The van der Waals surface area contributed by atoms with Gasteiger partial charge in [-0.2, -0.15) is 0 Å². The van der Waals surface area contributed by atoms with Crippen molar-refractivity contribution in [1.29, 1.82) is 0 Å². The molecule has 0 aliphatic heterocycles. The molecule has 0 atom stereocenters. The first-order chi connectivity index (χ1) is 21.3. The first-order valence-electron chi connectivity index (χ1n) is 14.5. The molecular formula is C40H24N2O. The van der Waals surface area contributed by atoms with Crippen molar-refractivity contribution in [3.05, 3.63) is 146 Å². The molecule has 0 unspecified atom stereocenters. The summed E-state index contributed by atoms with van der Waals surface area (Å²) in [4.78, 5) is 10.2. The molecule has 9 aromatic rings. The zero-order valence-corrected chi connectivity index (χ0v) is 23.2. The number of fused-ring (bicyclic) bond motifs is 8. The van der Waals surface area contributed by atoms with Crippen LogP contribution >= 0.6 is 0 Å². The molecule has 6 aromatic carbocycles. The van der Waals surface area contributed by atoms with Gasteiger partial charge in [-0.05, 0) is 52.2 Å². The third-order valence-corrected chi connectivity index (χ3v) is 8.46. The molecule has 0 amide bonds. The van der Waals surface area contributed by atoms with Crippen LogP contribution in [0.15, 0.2) is 150 Å². The maximum Gasteiger partial charge on any atom is 0.136 e. The van der Waals surface area contributed by atoms with Crippen molar-refractivity contribution in [2.24, 2.45) is 0 Å². The highest BCUT2D eigenvalue weighted by Gasteiger charge is 2.13. The summed E-state index contributed by atoms with van der Waals surface area (Å²) in [7, 11) is 0. The molecule has 9 rings (SSSR count). The molecule has 0 saturated heterocycles. The van der Waals surface area contributed by atoms with Gasteiger partial charge in [0, 0.05) is 32.7 Å². The molecular weight excluding hydrogens is 524 g/mol. The molecule has 0 bridgehead atoms. The Hall–Kier alpha value is -5.80. The second-order valence-corrected chi connectivity index (χ2v) is 11.0. The molecule has 0 aliphatic rings.